The van der Waals surface area contributed by atoms with Crippen molar-refractivity contribution in [3.8, 4) is 11.5 Å². The van der Waals surface area contributed by atoms with E-state index in [-0.39, 0.29) is 22.9 Å². The van der Waals surface area contributed by atoms with Crippen molar-refractivity contribution in [2.75, 3.05) is 0 Å². The Morgan fingerprint density at radius 3 is 2.41 bits per heavy atom. The van der Waals surface area contributed by atoms with Crippen LogP contribution in [0, 0.1) is 0 Å². The molecule has 200 valence electrons. The number of carboxylic acid groups (broad SMARTS) is 1. The standard InChI is InChI=1S/C28H24ClN3O6S/c29-22-12-14-23(15-13-22)39(36,37)32-27(35)25-18-38-28(31-25)20-10-8-19(9-11-20)24(21-5-4-16-30-17-21)6-2-1-3-7-26(33)34/h4-6,8-18H,1-3,7H2,(H,32,35)(H,33,34)/b24-6+. The van der Waals surface area contributed by atoms with Crippen molar-refractivity contribution < 1.29 is 27.5 Å². The van der Waals surface area contributed by atoms with Crippen LogP contribution < -0.4 is 4.72 Å². The summed E-state index contributed by atoms with van der Waals surface area (Å²) in [4.78, 5) is 31.6. The summed E-state index contributed by atoms with van der Waals surface area (Å²) in [5.74, 6) is -1.59. The van der Waals surface area contributed by atoms with Gasteiger partial charge >= 0.3 is 5.97 Å². The molecular weight excluding hydrogens is 542 g/mol. The van der Waals surface area contributed by atoms with Gasteiger partial charge in [-0.15, -0.1) is 0 Å². The van der Waals surface area contributed by atoms with Crippen LogP contribution in [-0.4, -0.2) is 35.4 Å². The van der Waals surface area contributed by atoms with Crippen molar-refractivity contribution in [2.24, 2.45) is 0 Å². The molecule has 0 radical (unpaired) electrons. The quantitative estimate of drug-likeness (QED) is 0.224. The normalized spacial score (nSPS) is 11.8. The van der Waals surface area contributed by atoms with Gasteiger partial charge < -0.3 is 9.52 Å². The molecule has 0 bridgehead atoms. The third-order valence-corrected chi connectivity index (χ3v) is 7.30. The van der Waals surface area contributed by atoms with Crippen molar-refractivity contribution >= 4 is 39.1 Å². The van der Waals surface area contributed by atoms with Crippen LogP contribution in [0.3, 0.4) is 0 Å². The number of aliphatic carboxylic acids is 1. The summed E-state index contributed by atoms with van der Waals surface area (Å²) in [5, 5.41) is 9.21. The van der Waals surface area contributed by atoms with Gasteiger partial charge in [-0.1, -0.05) is 35.9 Å². The molecule has 2 N–H and O–H groups in total. The Labute approximate surface area is 230 Å². The van der Waals surface area contributed by atoms with E-state index in [9.17, 15) is 18.0 Å². The van der Waals surface area contributed by atoms with Crippen molar-refractivity contribution in [1.29, 1.82) is 0 Å². The van der Waals surface area contributed by atoms with E-state index in [1.54, 1.807) is 24.5 Å². The first-order chi connectivity index (χ1) is 18.7. The highest BCUT2D eigenvalue weighted by Crippen LogP contribution is 2.27. The molecule has 39 heavy (non-hydrogen) atoms. The van der Waals surface area contributed by atoms with Gasteiger partial charge in [0.1, 0.15) is 6.26 Å². The molecule has 0 saturated heterocycles. The van der Waals surface area contributed by atoms with E-state index in [2.05, 4.69) is 16.0 Å². The zero-order chi connectivity index (χ0) is 27.8. The lowest BCUT2D eigenvalue weighted by molar-refractivity contribution is -0.137. The Morgan fingerprint density at radius 2 is 1.74 bits per heavy atom. The molecule has 11 heteroatoms. The molecule has 0 atom stereocenters. The molecule has 0 saturated carbocycles. The zero-order valence-corrected chi connectivity index (χ0v) is 22.2. The van der Waals surface area contributed by atoms with Crippen molar-refractivity contribution in [2.45, 2.75) is 30.6 Å². The lowest BCUT2D eigenvalue weighted by Crippen LogP contribution is -2.30. The predicted octanol–water partition coefficient (Wildman–Crippen LogP) is 5.59. The third kappa shape index (κ3) is 7.40. The first-order valence-corrected chi connectivity index (χ1v) is 13.8. The summed E-state index contributed by atoms with van der Waals surface area (Å²) in [6, 6.07) is 16.5. The molecule has 9 nitrogen and oxygen atoms in total. The highest BCUT2D eigenvalue weighted by molar-refractivity contribution is 7.90. The van der Waals surface area contributed by atoms with Crippen molar-refractivity contribution in [3.63, 3.8) is 0 Å². The minimum absolute atomic E-state index is 0.112. The van der Waals surface area contributed by atoms with Crippen LogP contribution >= 0.6 is 11.6 Å². The Hall–Kier alpha value is -4.28. The number of hydrogen-bond acceptors (Lipinski definition) is 7. The second kappa shape index (κ2) is 12.5. The minimum Gasteiger partial charge on any atom is -0.481 e. The molecular formula is C28H24ClN3O6S. The topological polar surface area (TPSA) is 139 Å². The van der Waals surface area contributed by atoms with Crippen molar-refractivity contribution in [3.05, 3.63) is 107 Å². The highest BCUT2D eigenvalue weighted by Gasteiger charge is 2.21. The monoisotopic (exact) mass is 565 g/mol. The van der Waals surface area contributed by atoms with Gasteiger partial charge in [0.2, 0.25) is 5.89 Å². The van der Waals surface area contributed by atoms with E-state index in [4.69, 9.17) is 21.1 Å². The van der Waals surface area contributed by atoms with E-state index in [0.29, 0.717) is 23.4 Å². The number of nitrogens with zero attached hydrogens (tertiary/aromatic N) is 2. The summed E-state index contributed by atoms with van der Waals surface area (Å²) < 4.78 is 32.4. The van der Waals surface area contributed by atoms with E-state index in [1.165, 1.54) is 24.3 Å². The Morgan fingerprint density at radius 1 is 1.00 bits per heavy atom. The first-order valence-electron chi connectivity index (χ1n) is 11.9. The maximum atomic E-state index is 12.5. The Balaban J connectivity index is 1.49. The fourth-order valence-corrected chi connectivity index (χ4v) is 4.83. The minimum atomic E-state index is -4.12. The van der Waals surface area contributed by atoms with E-state index in [1.807, 2.05) is 29.0 Å². The van der Waals surface area contributed by atoms with Gasteiger partial charge in [-0.25, -0.2) is 18.1 Å². The maximum Gasteiger partial charge on any atom is 0.303 e. The average molecular weight is 566 g/mol. The van der Waals surface area contributed by atoms with E-state index in [0.717, 1.165) is 29.4 Å². The number of amides is 1. The number of hydrogen-bond donors (Lipinski definition) is 2. The van der Waals surface area contributed by atoms with Gasteiger partial charge in [0.05, 0.1) is 4.90 Å². The van der Waals surface area contributed by atoms with Gasteiger partial charge in [0.25, 0.3) is 15.9 Å². The number of carbonyl (C=O) groups excluding carboxylic acids is 1. The summed E-state index contributed by atoms with van der Waals surface area (Å²) in [6.07, 6.45) is 8.76. The third-order valence-electron chi connectivity index (χ3n) is 5.70. The molecule has 1 amide bonds. The zero-order valence-electron chi connectivity index (χ0n) is 20.6. The molecule has 2 aromatic carbocycles. The Kier molecular flexibility index (Phi) is 8.90. The second-order valence-electron chi connectivity index (χ2n) is 8.50. The number of carboxylic acids is 1. The fraction of sp³-hybridized carbons (Fsp3) is 0.143. The van der Waals surface area contributed by atoms with Crippen LogP contribution in [0.4, 0.5) is 0 Å². The van der Waals surface area contributed by atoms with Crippen LogP contribution in [0.25, 0.3) is 17.0 Å². The number of nitrogens with one attached hydrogen (secondary N) is 1. The molecule has 4 aromatic rings. The van der Waals surface area contributed by atoms with Gasteiger partial charge in [-0.2, -0.15) is 0 Å². The number of allylic oxidation sites excluding steroid dienone is 1. The molecule has 2 aromatic heterocycles. The van der Waals surface area contributed by atoms with E-state index < -0.39 is 21.9 Å². The number of benzene rings is 2. The molecule has 0 aliphatic carbocycles. The molecule has 2 heterocycles. The number of sulfonamides is 1. The van der Waals surface area contributed by atoms with Crippen LogP contribution in [0.5, 0.6) is 0 Å². The smallest absolute Gasteiger partial charge is 0.303 e. The van der Waals surface area contributed by atoms with Gasteiger partial charge in [0, 0.05) is 35.0 Å². The van der Waals surface area contributed by atoms with Gasteiger partial charge in [0.15, 0.2) is 5.69 Å². The number of aromatic nitrogens is 2. The largest absolute Gasteiger partial charge is 0.481 e. The molecule has 4 rings (SSSR count). The average Bonchev–Trinajstić information content (AvgIpc) is 3.42. The number of pyridine rings is 1. The number of carbonyl (C=O) groups is 2. The summed E-state index contributed by atoms with van der Waals surface area (Å²) in [6.45, 7) is 0. The van der Waals surface area contributed by atoms with Crippen molar-refractivity contribution in [1.82, 2.24) is 14.7 Å². The lowest BCUT2D eigenvalue weighted by atomic mass is 9.96. The van der Waals surface area contributed by atoms with Crippen LogP contribution in [0.2, 0.25) is 5.02 Å². The number of rotatable bonds is 11. The lowest BCUT2D eigenvalue weighted by Gasteiger charge is -2.09. The highest BCUT2D eigenvalue weighted by atomic mass is 35.5. The van der Waals surface area contributed by atoms with E-state index >= 15 is 0 Å². The molecule has 0 spiro atoms. The maximum absolute atomic E-state index is 12.5. The molecule has 0 unspecified atom stereocenters. The number of oxazole rings is 1. The van der Waals surface area contributed by atoms with Gasteiger partial charge in [-0.05, 0) is 72.9 Å². The summed E-state index contributed by atoms with van der Waals surface area (Å²) in [5.41, 5.74) is 3.17. The molecule has 0 fully saturated rings. The summed E-state index contributed by atoms with van der Waals surface area (Å²) in [7, 11) is -4.12. The van der Waals surface area contributed by atoms with Gasteiger partial charge in [-0.3, -0.25) is 14.6 Å². The van der Waals surface area contributed by atoms with Crippen LogP contribution in [0.1, 0.15) is 47.3 Å². The second-order valence-corrected chi connectivity index (χ2v) is 10.6. The summed E-state index contributed by atoms with van der Waals surface area (Å²) >= 11 is 5.80. The Bertz CT molecular complexity index is 1580. The number of halogens is 1. The predicted molar refractivity (Wildman–Crippen MR) is 145 cm³/mol. The molecule has 0 aliphatic heterocycles. The van der Waals surface area contributed by atoms with Crippen LogP contribution in [0.15, 0.2) is 94.7 Å². The molecule has 0 aliphatic rings. The number of unbranched alkanes of at least 4 members (excludes halogenated alkanes) is 2. The van der Waals surface area contributed by atoms with Crippen LogP contribution in [-0.2, 0) is 14.8 Å². The first kappa shape index (κ1) is 27.7. The fourth-order valence-electron chi connectivity index (χ4n) is 3.74. The SMILES string of the molecule is O=C(O)CCCC/C=C(\c1ccc(-c2nc(C(=O)NS(=O)(=O)c3ccc(Cl)cc3)co2)cc1)c1cccnc1.